The number of carbonyl (C=O) groups excluding carboxylic acids is 1. The molecule has 1 atom stereocenters. The third-order valence-corrected chi connectivity index (χ3v) is 4.47. The molecule has 0 bridgehead atoms. The van der Waals surface area contributed by atoms with E-state index in [9.17, 15) is 4.79 Å². The number of urea groups is 1. The van der Waals surface area contributed by atoms with Crippen molar-refractivity contribution >= 4 is 11.8 Å². The fraction of sp³-hybridized carbons (Fsp3) is 0.474. The number of aromatic nitrogens is 2. The van der Waals surface area contributed by atoms with Crippen molar-refractivity contribution in [2.24, 2.45) is 0 Å². The molecule has 1 fully saturated rings. The summed E-state index contributed by atoms with van der Waals surface area (Å²) >= 11 is 0. The Morgan fingerprint density at radius 3 is 2.88 bits per heavy atom. The summed E-state index contributed by atoms with van der Waals surface area (Å²) in [6, 6.07) is 9.38. The lowest BCUT2D eigenvalue weighted by Crippen LogP contribution is -2.29. The molecular formula is C19H26N4O3. The molecule has 1 aliphatic rings. The van der Waals surface area contributed by atoms with Gasteiger partial charge in [-0.3, -0.25) is 10.00 Å². The highest BCUT2D eigenvalue weighted by Crippen LogP contribution is 2.27. The van der Waals surface area contributed by atoms with E-state index >= 15 is 0 Å². The van der Waals surface area contributed by atoms with Gasteiger partial charge in [-0.05, 0) is 32.3 Å². The fourth-order valence-electron chi connectivity index (χ4n) is 2.74. The van der Waals surface area contributed by atoms with E-state index in [0.717, 1.165) is 24.2 Å². The van der Waals surface area contributed by atoms with Gasteiger partial charge in [-0.2, -0.15) is 5.10 Å². The number of rotatable bonds is 8. The maximum atomic E-state index is 12.2. The first kappa shape index (κ1) is 18.3. The summed E-state index contributed by atoms with van der Waals surface area (Å²) in [5, 5.41) is 9.94. The second-order valence-electron chi connectivity index (χ2n) is 6.57. The summed E-state index contributed by atoms with van der Waals surface area (Å²) in [7, 11) is 1.65. The molecule has 140 valence electrons. The van der Waals surface area contributed by atoms with Crippen LogP contribution in [0.15, 0.2) is 36.5 Å². The van der Waals surface area contributed by atoms with Crippen molar-refractivity contribution in [2.45, 2.75) is 44.9 Å². The number of ether oxygens (including phenoxy) is 2. The van der Waals surface area contributed by atoms with Crippen molar-refractivity contribution in [3.63, 3.8) is 0 Å². The zero-order valence-electron chi connectivity index (χ0n) is 15.3. The molecule has 1 aliphatic carbocycles. The Bertz CT molecular complexity index is 727. The maximum Gasteiger partial charge on any atom is 0.320 e. The number of anilines is 1. The van der Waals surface area contributed by atoms with Crippen LogP contribution in [0.25, 0.3) is 0 Å². The van der Waals surface area contributed by atoms with E-state index in [1.807, 2.05) is 37.4 Å². The van der Waals surface area contributed by atoms with Crippen LogP contribution >= 0.6 is 0 Å². The zero-order valence-corrected chi connectivity index (χ0v) is 15.3. The second kappa shape index (κ2) is 8.71. The Morgan fingerprint density at radius 2 is 2.15 bits per heavy atom. The molecule has 1 saturated carbocycles. The number of para-hydroxylation sites is 1. The number of hydrogen-bond acceptors (Lipinski definition) is 4. The zero-order chi connectivity index (χ0) is 18.4. The molecule has 1 aromatic carbocycles. The normalized spacial score (nSPS) is 15.2. The van der Waals surface area contributed by atoms with Gasteiger partial charge in [0.05, 0.1) is 18.8 Å². The average molecular weight is 358 g/mol. The molecule has 0 aliphatic heterocycles. The van der Waals surface area contributed by atoms with Crippen LogP contribution in [-0.4, -0.2) is 35.6 Å². The third-order valence-electron chi connectivity index (χ3n) is 4.47. The number of nitrogens with one attached hydrogen (secondary N) is 2. The molecule has 2 amide bonds. The Kier molecular flexibility index (Phi) is 6.12. The molecule has 1 aromatic heterocycles. The van der Waals surface area contributed by atoms with Crippen molar-refractivity contribution in [2.75, 3.05) is 19.0 Å². The van der Waals surface area contributed by atoms with E-state index in [1.165, 1.54) is 6.42 Å². The van der Waals surface area contributed by atoms with E-state index in [-0.39, 0.29) is 12.1 Å². The van der Waals surface area contributed by atoms with E-state index in [4.69, 9.17) is 9.47 Å². The van der Waals surface area contributed by atoms with Crippen LogP contribution in [0.3, 0.4) is 0 Å². The van der Waals surface area contributed by atoms with Gasteiger partial charge in [0.25, 0.3) is 0 Å². The van der Waals surface area contributed by atoms with Crippen LogP contribution in [-0.2, 0) is 11.3 Å². The van der Waals surface area contributed by atoms with Gasteiger partial charge in [-0.15, -0.1) is 0 Å². The molecule has 2 aromatic rings. The minimum Gasteiger partial charge on any atom is -0.490 e. The van der Waals surface area contributed by atoms with E-state index in [2.05, 4.69) is 15.7 Å². The topological polar surface area (TPSA) is 77.4 Å². The quantitative estimate of drug-likeness (QED) is 0.759. The van der Waals surface area contributed by atoms with Gasteiger partial charge in [-0.1, -0.05) is 18.2 Å². The highest BCUT2D eigenvalue weighted by atomic mass is 16.5. The predicted molar refractivity (Wildman–Crippen MR) is 99.4 cm³/mol. The van der Waals surface area contributed by atoms with Crippen LogP contribution in [0.1, 0.15) is 37.8 Å². The van der Waals surface area contributed by atoms with Crippen LogP contribution in [0, 0.1) is 0 Å². The SMILES string of the molecule is COC[C@@H](C)n1ccc(NC(=O)NCc2ccccc2OC2CCC2)n1. The predicted octanol–water partition coefficient (Wildman–Crippen LogP) is 3.34. The molecule has 3 rings (SSSR count). The van der Waals surface area contributed by atoms with Crippen molar-refractivity contribution in [3.8, 4) is 5.75 Å². The number of nitrogens with zero attached hydrogens (tertiary/aromatic N) is 2. The molecule has 2 N–H and O–H groups in total. The van der Waals surface area contributed by atoms with Crippen LogP contribution in [0.4, 0.5) is 10.6 Å². The molecule has 7 nitrogen and oxygen atoms in total. The molecule has 0 unspecified atom stereocenters. The first-order chi connectivity index (χ1) is 12.7. The average Bonchev–Trinajstić information content (AvgIpc) is 3.06. The van der Waals surface area contributed by atoms with Crippen LogP contribution < -0.4 is 15.4 Å². The number of hydrogen-bond donors (Lipinski definition) is 2. The maximum absolute atomic E-state index is 12.2. The van der Waals surface area contributed by atoms with Gasteiger partial charge in [0.15, 0.2) is 5.82 Å². The second-order valence-corrected chi connectivity index (χ2v) is 6.57. The summed E-state index contributed by atoms with van der Waals surface area (Å²) in [5.74, 6) is 1.35. The van der Waals surface area contributed by atoms with Gasteiger partial charge >= 0.3 is 6.03 Å². The first-order valence-corrected chi connectivity index (χ1v) is 8.99. The highest BCUT2D eigenvalue weighted by Gasteiger charge is 2.20. The van der Waals surface area contributed by atoms with Gasteiger partial charge < -0.3 is 14.8 Å². The van der Waals surface area contributed by atoms with Gasteiger partial charge in [0, 0.05) is 31.5 Å². The minimum absolute atomic E-state index is 0.106. The van der Waals surface area contributed by atoms with Gasteiger partial charge in [-0.25, -0.2) is 4.79 Å². The highest BCUT2D eigenvalue weighted by molar-refractivity contribution is 5.88. The van der Waals surface area contributed by atoms with Crippen LogP contribution in [0.5, 0.6) is 5.75 Å². The number of benzene rings is 1. The lowest BCUT2D eigenvalue weighted by Gasteiger charge is -2.27. The molecule has 0 radical (unpaired) electrons. The Hall–Kier alpha value is -2.54. The summed E-state index contributed by atoms with van der Waals surface area (Å²) in [4.78, 5) is 12.2. The first-order valence-electron chi connectivity index (χ1n) is 8.99. The molecule has 0 spiro atoms. The molecule has 26 heavy (non-hydrogen) atoms. The molecule has 1 heterocycles. The molecular weight excluding hydrogens is 332 g/mol. The van der Waals surface area contributed by atoms with Crippen LogP contribution in [0.2, 0.25) is 0 Å². The van der Waals surface area contributed by atoms with E-state index in [0.29, 0.717) is 25.1 Å². The third kappa shape index (κ3) is 4.76. The van der Waals surface area contributed by atoms with E-state index < -0.39 is 0 Å². The Labute approximate surface area is 153 Å². The number of methoxy groups -OCH3 is 1. The Balaban J connectivity index is 1.51. The summed E-state index contributed by atoms with van der Waals surface area (Å²) in [6.45, 7) is 2.96. The number of carbonyl (C=O) groups is 1. The molecule has 7 heteroatoms. The van der Waals surface area contributed by atoms with Gasteiger partial charge in [0.2, 0.25) is 0 Å². The summed E-state index contributed by atoms with van der Waals surface area (Å²) in [6.07, 6.45) is 5.56. The lowest BCUT2D eigenvalue weighted by molar-refractivity contribution is 0.119. The smallest absolute Gasteiger partial charge is 0.320 e. The fourth-order valence-corrected chi connectivity index (χ4v) is 2.74. The lowest BCUT2D eigenvalue weighted by atomic mass is 9.96. The van der Waals surface area contributed by atoms with E-state index in [1.54, 1.807) is 17.9 Å². The Morgan fingerprint density at radius 1 is 1.35 bits per heavy atom. The summed E-state index contributed by atoms with van der Waals surface area (Å²) < 4.78 is 12.9. The standard InChI is InChI=1S/C19H26N4O3/c1-14(13-25-2)23-11-10-18(22-23)21-19(24)20-12-15-6-3-4-9-17(15)26-16-7-5-8-16/h3-4,6,9-11,14,16H,5,7-8,12-13H2,1-2H3,(H2,20,21,22,24)/t14-/m1/s1. The van der Waals surface area contributed by atoms with Crippen molar-refractivity contribution < 1.29 is 14.3 Å². The van der Waals surface area contributed by atoms with Crippen molar-refractivity contribution in [1.82, 2.24) is 15.1 Å². The monoisotopic (exact) mass is 358 g/mol. The largest absolute Gasteiger partial charge is 0.490 e. The van der Waals surface area contributed by atoms with Crippen molar-refractivity contribution in [1.29, 1.82) is 0 Å². The summed E-state index contributed by atoms with van der Waals surface area (Å²) in [5.41, 5.74) is 0.966. The van der Waals surface area contributed by atoms with Gasteiger partial charge in [0.1, 0.15) is 5.75 Å². The number of amides is 2. The van der Waals surface area contributed by atoms with Crippen molar-refractivity contribution in [3.05, 3.63) is 42.1 Å². The molecule has 0 saturated heterocycles. The minimum atomic E-state index is -0.298.